The molecule has 2 aromatic rings. The molecule has 0 aliphatic carbocycles. The normalized spacial score (nSPS) is 11.8. The molecule has 23 heavy (non-hydrogen) atoms. The monoisotopic (exact) mass is 312 g/mol. The molecule has 2 rings (SSSR count). The second-order valence-electron chi connectivity index (χ2n) is 5.91. The van der Waals surface area contributed by atoms with Gasteiger partial charge in [-0.15, -0.1) is 0 Å². The van der Waals surface area contributed by atoms with E-state index in [2.05, 4.69) is 17.2 Å². The van der Waals surface area contributed by atoms with E-state index in [4.69, 9.17) is 4.74 Å². The van der Waals surface area contributed by atoms with Crippen molar-refractivity contribution in [3.05, 3.63) is 59.4 Å². The average Bonchev–Trinajstić information content (AvgIpc) is 2.54. The SMILES string of the molecule is COc1ccccc1C[C@H](C)CC(=O)NCc1ccc(C)nc1. The van der Waals surface area contributed by atoms with Crippen LogP contribution in [0.4, 0.5) is 0 Å². The number of pyridine rings is 1. The Hall–Kier alpha value is -2.36. The molecule has 0 spiro atoms. The van der Waals surface area contributed by atoms with E-state index in [1.807, 2.05) is 43.3 Å². The first-order chi connectivity index (χ1) is 11.1. The summed E-state index contributed by atoms with van der Waals surface area (Å²) in [5.74, 6) is 1.20. The third-order valence-corrected chi connectivity index (χ3v) is 3.76. The molecular weight excluding hydrogens is 288 g/mol. The van der Waals surface area contributed by atoms with Crippen LogP contribution >= 0.6 is 0 Å². The second kappa shape index (κ2) is 8.32. The van der Waals surface area contributed by atoms with Crippen molar-refractivity contribution in [1.82, 2.24) is 10.3 Å². The molecule has 122 valence electrons. The molecule has 1 N–H and O–H groups in total. The maximum atomic E-state index is 12.1. The maximum absolute atomic E-state index is 12.1. The number of nitrogens with zero attached hydrogens (tertiary/aromatic N) is 1. The minimum atomic E-state index is 0.0629. The molecule has 4 heteroatoms. The van der Waals surface area contributed by atoms with Crippen LogP contribution in [0.2, 0.25) is 0 Å². The highest BCUT2D eigenvalue weighted by molar-refractivity contribution is 5.76. The Balaban J connectivity index is 1.81. The Kier molecular flexibility index (Phi) is 6.15. The highest BCUT2D eigenvalue weighted by Crippen LogP contribution is 2.22. The van der Waals surface area contributed by atoms with Crippen LogP contribution in [0.1, 0.15) is 30.2 Å². The summed E-state index contributed by atoms with van der Waals surface area (Å²) < 4.78 is 5.36. The first-order valence-corrected chi connectivity index (χ1v) is 7.88. The van der Waals surface area contributed by atoms with E-state index in [1.54, 1.807) is 13.3 Å². The number of carbonyl (C=O) groups is 1. The van der Waals surface area contributed by atoms with Crippen molar-refractivity contribution < 1.29 is 9.53 Å². The molecule has 4 nitrogen and oxygen atoms in total. The number of amides is 1. The summed E-state index contributed by atoms with van der Waals surface area (Å²) in [7, 11) is 1.67. The van der Waals surface area contributed by atoms with Gasteiger partial charge in [-0.25, -0.2) is 0 Å². The van der Waals surface area contributed by atoms with Crippen molar-refractivity contribution >= 4 is 5.91 Å². The second-order valence-corrected chi connectivity index (χ2v) is 5.91. The van der Waals surface area contributed by atoms with Gasteiger partial charge >= 0.3 is 0 Å². The summed E-state index contributed by atoms with van der Waals surface area (Å²) >= 11 is 0. The summed E-state index contributed by atoms with van der Waals surface area (Å²) in [4.78, 5) is 16.3. The molecule has 1 atom stereocenters. The summed E-state index contributed by atoms with van der Waals surface area (Å²) in [6.45, 7) is 4.55. The number of aryl methyl sites for hydroxylation is 1. The fourth-order valence-electron chi connectivity index (χ4n) is 2.51. The van der Waals surface area contributed by atoms with Gasteiger partial charge in [0, 0.05) is 24.9 Å². The molecule has 0 radical (unpaired) electrons. The zero-order chi connectivity index (χ0) is 16.7. The minimum Gasteiger partial charge on any atom is -0.496 e. The van der Waals surface area contributed by atoms with Gasteiger partial charge in [-0.3, -0.25) is 9.78 Å². The van der Waals surface area contributed by atoms with Gasteiger partial charge in [0.05, 0.1) is 7.11 Å². The zero-order valence-electron chi connectivity index (χ0n) is 14.0. The van der Waals surface area contributed by atoms with E-state index in [9.17, 15) is 4.79 Å². The molecule has 0 aliphatic heterocycles. The minimum absolute atomic E-state index is 0.0629. The topological polar surface area (TPSA) is 51.2 Å². The van der Waals surface area contributed by atoms with Crippen molar-refractivity contribution in [1.29, 1.82) is 0 Å². The molecule has 1 aromatic heterocycles. The lowest BCUT2D eigenvalue weighted by Gasteiger charge is -2.14. The number of benzene rings is 1. The highest BCUT2D eigenvalue weighted by atomic mass is 16.5. The van der Waals surface area contributed by atoms with Gasteiger partial charge in [-0.1, -0.05) is 31.2 Å². The van der Waals surface area contributed by atoms with Crippen LogP contribution in [0, 0.1) is 12.8 Å². The van der Waals surface area contributed by atoms with Gasteiger partial charge in [-0.2, -0.15) is 0 Å². The predicted molar refractivity (Wildman–Crippen MR) is 91.3 cm³/mol. The van der Waals surface area contributed by atoms with E-state index in [-0.39, 0.29) is 11.8 Å². The third kappa shape index (κ3) is 5.40. The highest BCUT2D eigenvalue weighted by Gasteiger charge is 2.12. The quantitative estimate of drug-likeness (QED) is 0.853. The maximum Gasteiger partial charge on any atom is 0.220 e. The number of methoxy groups -OCH3 is 1. The van der Waals surface area contributed by atoms with Crippen LogP contribution in [-0.4, -0.2) is 18.0 Å². The van der Waals surface area contributed by atoms with Crippen LogP contribution < -0.4 is 10.1 Å². The molecule has 0 aliphatic rings. The number of ether oxygens (including phenoxy) is 1. The van der Waals surface area contributed by atoms with E-state index in [1.165, 1.54) is 0 Å². The Morgan fingerprint density at radius 2 is 2.04 bits per heavy atom. The lowest BCUT2D eigenvalue weighted by Crippen LogP contribution is -2.25. The first kappa shape index (κ1) is 17.0. The lowest BCUT2D eigenvalue weighted by molar-refractivity contribution is -0.122. The first-order valence-electron chi connectivity index (χ1n) is 7.88. The molecular formula is C19H24N2O2. The molecule has 0 saturated heterocycles. The average molecular weight is 312 g/mol. The molecule has 1 amide bonds. The summed E-state index contributed by atoms with van der Waals surface area (Å²) in [6.07, 6.45) is 3.12. The van der Waals surface area contributed by atoms with Gasteiger partial charge in [0.15, 0.2) is 0 Å². The molecule has 0 fully saturated rings. The van der Waals surface area contributed by atoms with Crippen LogP contribution in [0.5, 0.6) is 5.75 Å². The number of carbonyl (C=O) groups excluding carboxylic acids is 1. The lowest BCUT2D eigenvalue weighted by atomic mass is 9.97. The third-order valence-electron chi connectivity index (χ3n) is 3.76. The number of hydrogen-bond acceptors (Lipinski definition) is 3. The van der Waals surface area contributed by atoms with Crippen LogP contribution in [0.3, 0.4) is 0 Å². The summed E-state index contributed by atoms with van der Waals surface area (Å²) in [5, 5.41) is 2.95. The van der Waals surface area contributed by atoms with Crippen molar-refractivity contribution in [2.75, 3.05) is 7.11 Å². The predicted octanol–water partition coefficient (Wildman–Crippen LogP) is 3.28. The van der Waals surface area contributed by atoms with Crippen LogP contribution in [-0.2, 0) is 17.8 Å². The molecule has 0 unspecified atom stereocenters. The molecule has 0 saturated carbocycles. The Morgan fingerprint density at radius 1 is 1.26 bits per heavy atom. The Labute approximate surface area is 137 Å². The van der Waals surface area contributed by atoms with E-state index in [0.29, 0.717) is 13.0 Å². The fourth-order valence-corrected chi connectivity index (χ4v) is 2.51. The Morgan fingerprint density at radius 3 is 2.74 bits per heavy atom. The zero-order valence-corrected chi connectivity index (χ0v) is 14.0. The molecule has 0 bridgehead atoms. The van der Waals surface area contributed by atoms with Crippen molar-refractivity contribution in [3.63, 3.8) is 0 Å². The smallest absolute Gasteiger partial charge is 0.220 e. The van der Waals surface area contributed by atoms with Gasteiger partial charge in [0.25, 0.3) is 0 Å². The summed E-state index contributed by atoms with van der Waals surface area (Å²) in [5.41, 5.74) is 3.13. The summed E-state index contributed by atoms with van der Waals surface area (Å²) in [6, 6.07) is 11.9. The molecule has 1 aromatic carbocycles. The van der Waals surface area contributed by atoms with Crippen LogP contribution in [0.25, 0.3) is 0 Å². The number of nitrogens with one attached hydrogen (secondary N) is 1. The van der Waals surface area contributed by atoms with Gasteiger partial charge in [0.1, 0.15) is 5.75 Å². The largest absolute Gasteiger partial charge is 0.496 e. The number of aromatic nitrogens is 1. The number of para-hydroxylation sites is 1. The fraction of sp³-hybridized carbons (Fsp3) is 0.368. The van der Waals surface area contributed by atoms with E-state index < -0.39 is 0 Å². The van der Waals surface area contributed by atoms with Gasteiger partial charge < -0.3 is 10.1 Å². The van der Waals surface area contributed by atoms with Crippen molar-refractivity contribution in [2.45, 2.75) is 33.2 Å². The van der Waals surface area contributed by atoms with Gasteiger partial charge in [0.2, 0.25) is 5.91 Å². The standard InChI is InChI=1S/C19H24N2O2/c1-14(10-17-6-4-5-7-18(17)23-3)11-19(22)21-13-16-9-8-15(2)20-12-16/h4-9,12,14H,10-11,13H2,1-3H3,(H,21,22)/t14-/m0/s1. The van der Waals surface area contributed by atoms with E-state index >= 15 is 0 Å². The Bertz CT molecular complexity index is 638. The number of hydrogen-bond donors (Lipinski definition) is 1. The van der Waals surface area contributed by atoms with Crippen molar-refractivity contribution in [3.8, 4) is 5.75 Å². The van der Waals surface area contributed by atoms with E-state index in [0.717, 1.165) is 29.0 Å². The van der Waals surface area contributed by atoms with Crippen molar-refractivity contribution in [2.24, 2.45) is 5.92 Å². The molecule has 1 heterocycles. The van der Waals surface area contributed by atoms with Gasteiger partial charge in [-0.05, 0) is 42.5 Å². The number of rotatable bonds is 7. The van der Waals surface area contributed by atoms with Crippen LogP contribution in [0.15, 0.2) is 42.6 Å².